The highest BCUT2D eigenvalue weighted by atomic mass is 32.1. The highest BCUT2D eigenvalue weighted by molar-refractivity contribution is 7.80. The van der Waals surface area contributed by atoms with E-state index in [2.05, 4.69) is 12.2 Å². The summed E-state index contributed by atoms with van der Waals surface area (Å²) >= 11 is 5.20. The summed E-state index contributed by atoms with van der Waals surface area (Å²) in [6.07, 6.45) is 4.32. The van der Waals surface area contributed by atoms with Gasteiger partial charge in [0.05, 0.1) is 10.5 Å². The first-order valence-corrected chi connectivity index (χ1v) is 7.38. The number of methoxy groups -OCH3 is 1. The van der Waals surface area contributed by atoms with Crippen molar-refractivity contribution < 1.29 is 9.53 Å². The summed E-state index contributed by atoms with van der Waals surface area (Å²) in [5.41, 5.74) is 4.55. The van der Waals surface area contributed by atoms with Gasteiger partial charge in [0.15, 0.2) is 0 Å². The second-order valence-electron chi connectivity index (χ2n) is 5.87. The Labute approximate surface area is 121 Å². The predicted octanol–water partition coefficient (Wildman–Crippen LogP) is 2.15. The van der Waals surface area contributed by atoms with Crippen LogP contribution in [0.3, 0.4) is 0 Å². The van der Waals surface area contributed by atoms with E-state index in [1.54, 1.807) is 14.0 Å². The van der Waals surface area contributed by atoms with Gasteiger partial charge in [-0.3, -0.25) is 4.79 Å². The molecule has 0 aromatic rings. The van der Waals surface area contributed by atoms with Gasteiger partial charge in [0.1, 0.15) is 5.60 Å². The van der Waals surface area contributed by atoms with E-state index in [1.807, 2.05) is 6.92 Å². The average Bonchev–Trinajstić information content (AvgIpc) is 2.40. The van der Waals surface area contributed by atoms with Gasteiger partial charge >= 0.3 is 0 Å². The minimum absolute atomic E-state index is 0.125. The van der Waals surface area contributed by atoms with Crippen molar-refractivity contribution in [2.24, 2.45) is 11.7 Å². The summed E-state index contributed by atoms with van der Waals surface area (Å²) in [4.78, 5) is 12.8. The highest BCUT2D eigenvalue weighted by Gasteiger charge is 2.42. The van der Waals surface area contributed by atoms with Crippen molar-refractivity contribution in [3.63, 3.8) is 0 Å². The maximum Gasteiger partial charge on any atom is 0.252 e. The Morgan fingerprint density at radius 2 is 2.05 bits per heavy atom. The Kier molecular flexibility index (Phi) is 5.33. The van der Waals surface area contributed by atoms with E-state index >= 15 is 0 Å². The number of ether oxygens (including phenoxy) is 1. The Morgan fingerprint density at radius 3 is 2.42 bits per heavy atom. The van der Waals surface area contributed by atoms with Crippen LogP contribution in [0.25, 0.3) is 0 Å². The molecule has 0 aromatic carbocycles. The number of nitrogens with one attached hydrogen (secondary N) is 1. The van der Waals surface area contributed by atoms with E-state index in [-0.39, 0.29) is 5.91 Å². The number of rotatable bonds is 5. The molecule has 1 saturated carbocycles. The van der Waals surface area contributed by atoms with Gasteiger partial charge in [-0.1, -0.05) is 26.1 Å². The van der Waals surface area contributed by atoms with Crippen LogP contribution in [-0.4, -0.2) is 29.1 Å². The highest BCUT2D eigenvalue weighted by Crippen LogP contribution is 2.33. The average molecular weight is 286 g/mol. The molecule has 110 valence electrons. The fourth-order valence-electron chi connectivity index (χ4n) is 2.44. The summed E-state index contributed by atoms with van der Waals surface area (Å²) < 4.78 is 5.34. The van der Waals surface area contributed by atoms with Crippen LogP contribution in [0.2, 0.25) is 0 Å². The molecule has 19 heavy (non-hydrogen) atoms. The molecule has 0 spiro atoms. The third-order valence-electron chi connectivity index (χ3n) is 4.56. The molecule has 1 aliphatic rings. The SMILES string of the molecule is CCC(C)(OC)C(=O)NC1(C(N)=S)CCC(C)CC1. The topological polar surface area (TPSA) is 64.3 Å². The van der Waals surface area contributed by atoms with Gasteiger partial charge in [-0.2, -0.15) is 0 Å². The molecule has 1 rings (SSSR count). The molecular formula is C14H26N2O2S. The Balaban J connectivity index is 2.86. The minimum Gasteiger partial charge on any atom is -0.391 e. The quantitative estimate of drug-likeness (QED) is 0.760. The lowest BCUT2D eigenvalue weighted by Gasteiger charge is -2.41. The molecule has 0 aliphatic heterocycles. The zero-order valence-electron chi connectivity index (χ0n) is 12.4. The van der Waals surface area contributed by atoms with Crippen molar-refractivity contribution in [3.05, 3.63) is 0 Å². The first-order valence-electron chi connectivity index (χ1n) is 6.97. The van der Waals surface area contributed by atoms with Gasteiger partial charge in [-0.05, 0) is 44.9 Å². The van der Waals surface area contributed by atoms with Gasteiger partial charge in [-0.25, -0.2) is 0 Å². The molecule has 0 heterocycles. The second-order valence-corrected chi connectivity index (χ2v) is 6.31. The van der Waals surface area contributed by atoms with Crippen LogP contribution in [0.1, 0.15) is 52.9 Å². The first-order chi connectivity index (χ1) is 8.79. The van der Waals surface area contributed by atoms with Crippen molar-refractivity contribution in [2.45, 2.75) is 64.0 Å². The molecule has 0 bridgehead atoms. The molecule has 5 heteroatoms. The normalized spacial score (nSPS) is 30.4. The minimum atomic E-state index is -0.819. The number of carbonyl (C=O) groups excluding carboxylic acids is 1. The van der Waals surface area contributed by atoms with Crippen molar-refractivity contribution in [2.75, 3.05) is 7.11 Å². The van der Waals surface area contributed by atoms with Crippen LogP contribution < -0.4 is 11.1 Å². The van der Waals surface area contributed by atoms with E-state index in [4.69, 9.17) is 22.7 Å². The third kappa shape index (κ3) is 3.45. The largest absolute Gasteiger partial charge is 0.391 e. The maximum absolute atomic E-state index is 12.4. The zero-order chi connectivity index (χ0) is 14.7. The molecule has 0 aromatic heterocycles. The van der Waals surface area contributed by atoms with Crippen LogP contribution in [0.4, 0.5) is 0 Å². The van der Waals surface area contributed by atoms with Gasteiger partial charge in [0.25, 0.3) is 5.91 Å². The standard InChI is InChI=1S/C14H26N2O2S/c1-5-13(3,18-4)12(17)16-14(11(15)19)8-6-10(2)7-9-14/h10H,5-9H2,1-4H3,(H2,15,19)(H,16,17). The number of nitrogens with two attached hydrogens (primary N) is 1. The molecule has 0 saturated heterocycles. The molecule has 0 radical (unpaired) electrons. The fourth-order valence-corrected chi connectivity index (χ4v) is 2.69. The molecule has 1 amide bonds. The summed E-state index contributed by atoms with van der Waals surface area (Å²) in [5.74, 6) is 0.541. The monoisotopic (exact) mass is 286 g/mol. The van der Waals surface area contributed by atoms with Crippen LogP contribution in [0, 0.1) is 5.92 Å². The Morgan fingerprint density at radius 1 is 1.53 bits per heavy atom. The first kappa shape index (κ1) is 16.4. The van der Waals surface area contributed by atoms with E-state index in [9.17, 15) is 4.79 Å². The van der Waals surface area contributed by atoms with Crippen molar-refractivity contribution in [1.82, 2.24) is 5.32 Å². The molecule has 1 fully saturated rings. The predicted molar refractivity (Wildman–Crippen MR) is 81.0 cm³/mol. The van der Waals surface area contributed by atoms with Gasteiger partial charge in [0.2, 0.25) is 0 Å². The molecular weight excluding hydrogens is 260 g/mol. The lowest BCUT2D eigenvalue weighted by atomic mass is 9.76. The molecule has 1 atom stereocenters. The third-order valence-corrected chi connectivity index (χ3v) is 4.95. The number of carbonyl (C=O) groups is 1. The van der Waals surface area contributed by atoms with E-state index in [0.29, 0.717) is 17.3 Å². The van der Waals surface area contributed by atoms with Crippen molar-refractivity contribution in [1.29, 1.82) is 0 Å². The molecule has 1 unspecified atom stereocenters. The Hall–Kier alpha value is -0.680. The van der Waals surface area contributed by atoms with Crippen LogP contribution in [-0.2, 0) is 9.53 Å². The van der Waals surface area contributed by atoms with Crippen molar-refractivity contribution in [3.8, 4) is 0 Å². The number of hydrogen-bond acceptors (Lipinski definition) is 3. The van der Waals surface area contributed by atoms with Gasteiger partial charge in [-0.15, -0.1) is 0 Å². The number of amides is 1. The van der Waals surface area contributed by atoms with Crippen LogP contribution in [0.5, 0.6) is 0 Å². The zero-order valence-corrected chi connectivity index (χ0v) is 13.2. The van der Waals surface area contributed by atoms with E-state index in [0.717, 1.165) is 25.7 Å². The smallest absolute Gasteiger partial charge is 0.252 e. The summed E-state index contributed by atoms with van der Waals surface area (Å²) in [6, 6.07) is 0. The lowest BCUT2D eigenvalue weighted by Crippen LogP contribution is -2.62. The molecule has 3 N–H and O–H groups in total. The van der Waals surface area contributed by atoms with E-state index < -0.39 is 11.1 Å². The Bertz CT molecular complexity index is 345. The van der Waals surface area contributed by atoms with Crippen LogP contribution in [0.15, 0.2) is 0 Å². The van der Waals surface area contributed by atoms with Gasteiger partial charge < -0.3 is 15.8 Å². The van der Waals surface area contributed by atoms with Gasteiger partial charge in [0, 0.05) is 7.11 Å². The number of hydrogen-bond donors (Lipinski definition) is 2. The summed E-state index contributed by atoms with van der Waals surface area (Å²) in [5, 5.41) is 3.06. The van der Waals surface area contributed by atoms with Crippen molar-refractivity contribution >= 4 is 23.1 Å². The number of thiocarbonyl (C=S) groups is 1. The molecule has 1 aliphatic carbocycles. The lowest BCUT2D eigenvalue weighted by molar-refractivity contribution is -0.143. The summed E-state index contributed by atoms with van der Waals surface area (Å²) in [7, 11) is 1.56. The summed E-state index contributed by atoms with van der Waals surface area (Å²) in [6.45, 7) is 5.94. The second kappa shape index (κ2) is 6.18. The fraction of sp³-hybridized carbons (Fsp3) is 0.857. The van der Waals surface area contributed by atoms with E-state index in [1.165, 1.54) is 0 Å². The maximum atomic E-state index is 12.4. The van der Waals surface area contributed by atoms with Crippen LogP contribution >= 0.6 is 12.2 Å². The molecule has 4 nitrogen and oxygen atoms in total.